The van der Waals surface area contributed by atoms with E-state index in [1.807, 2.05) is 0 Å². The molecule has 1 aromatic heterocycles. The number of H-pyrrole nitrogens is 1. The molecule has 1 rings (SSSR count). The van der Waals surface area contributed by atoms with Gasteiger partial charge >= 0.3 is 0 Å². The van der Waals surface area contributed by atoms with Crippen LogP contribution in [0.15, 0.2) is 5.16 Å². The first-order chi connectivity index (χ1) is 4.79. The smallest absolute Gasteiger partial charge is 0.207 e. The minimum Gasteiger partial charge on any atom is -0.299 e. The van der Waals surface area contributed by atoms with Crippen LogP contribution in [-0.2, 0) is 4.79 Å². The summed E-state index contributed by atoms with van der Waals surface area (Å²) in [6.07, 6.45) is 0. The molecular formula is C4H6N4OS. The van der Waals surface area contributed by atoms with E-state index in [0.29, 0.717) is 10.9 Å². The van der Waals surface area contributed by atoms with Gasteiger partial charge in [-0.2, -0.15) is 0 Å². The summed E-state index contributed by atoms with van der Waals surface area (Å²) in [6, 6.07) is 0. The number of thioether (sulfide) groups is 1. The second-order valence-corrected chi connectivity index (χ2v) is 2.66. The number of ketones is 1. The van der Waals surface area contributed by atoms with Gasteiger partial charge in [0, 0.05) is 0 Å². The standard InChI is InChI=1S/C4H6N4OS/c1-3(9)2-10-4-5-7-8-6-4/h2H2,1H3,(H,5,6,7,8). The molecule has 0 aliphatic carbocycles. The van der Waals surface area contributed by atoms with Crippen molar-refractivity contribution in [2.24, 2.45) is 0 Å². The molecule has 0 saturated heterocycles. The van der Waals surface area contributed by atoms with Gasteiger partial charge in [-0.05, 0) is 17.4 Å². The third-order valence-electron chi connectivity index (χ3n) is 0.738. The predicted octanol–water partition coefficient (Wildman–Crippen LogP) is -0.119. The number of Topliss-reactive ketones (excluding diaryl/α,β-unsaturated/α-hetero) is 1. The summed E-state index contributed by atoms with van der Waals surface area (Å²) < 4.78 is 0. The summed E-state index contributed by atoms with van der Waals surface area (Å²) in [5.74, 6) is 0.526. The highest BCUT2D eigenvalue weighted by molar-refractivity contribution is 7.99. The zero-order chi connectivity index (χ0) is 7.40. The van der Waals surface area contributed by atoms with Crippen molar-refractivity contribution in [3.05, 3.63) is 0 Å². The fourth-order valence-corrected chi connectivity index (χ4v) is 0.921. The van der Waals surface area contributed by atoms with Gasteiger partial charge < -0.3 is 0 Å². The van der Waals surface area contributed by atoms with Crippen molar-refractivity contribution in [3.8, 4) is 0 Å². The quantitative estimate of drug-likeness (QED) is 0.621. The van der Waals surface area contributed by atoms with Gasteiger partial charge in [-0.25, -0.2) is 5.10 Å². The van der Waals surface area contributed by atoms with Crippen LogP contribution in [0, 0.1) is 0 Å². The average Bonchev–Trinajstić information content (AvgIpc) is 2.34. The van der Waals surface area contributed by atoms with Crippen LogP contribution in [-0.4, -0.2) is 32.2 Å². The Morgan fingerprint density at radius 1 is 1.80 bits per heavy atom. The van der Waals surface area contributed by atoms with Gasteiger partial charge in [0.1, 0.15) is 5.78 Å². The van der Waals surface area contributed by atoms with Crippen LogP contribution < -0.4 is 0 Å². The van der Waals surface area contributed by atoms with E-state index in [4.69, 9.17) is 0 Å². The normalized spacial score (nSPS) is 9.70. The van der Waals surface area contributed by atoms with Crippen molar-refractivity contribution >= 4 is 17.5 Å². The molecule has 0 bridgehead atoms. The largest absolute Gasteiger partial charge is 0.299 e. The van der Waals surface area contributed by atoms with Crippen LogP contribution in [0.3, 0.4) is 0 Å². The highest BCUT2D eigenvalue weighted by Crippen LogP contribution is 2.08. The summed E-state index contributed by atoms with van der Waals surface area (Å²) in [6.45, 7) is 1.52. The molecule has 0 saturated carbocycles. The maximum atomic E-state index is 10.4. The molecule has 0 amide bonds. The van der Waals surface area contributed by atoms with E-state index < -0.39 is 0 Å². The molecule has 54 valence electrons. The molecule has 0 radical (unpaired) electrons. The van der Waals surface area contributed by atoms with Crippen molar-refractivity contribution in [2.45, 2.75) is 12.1 Å². The lowest BCUT2D eigenvalue weighted by molar-refractivity contribution is -0.114. The van der Waals surface area contributed by atoms with Gasteiger partial charge in [-0.15, -0.1) is 5.10 Å². The van der Waals surface area contributed by atoms with Crippen LogP contribution in [0.4, 0.5) is 0 Å². The Balaban J connectivity index is 2.35. The fourth-order valence-electron chi connectivity index (χ4n) is 0.382. The predicted molar refractivity (Wildman–Crippen MR) is 35.6 cm³/mol. The Morgan fingerprint density at radius 2 is 2.60 bits per heavy atom. The Bertz CT molecular complexity index is 209. The molecule has 0 aliphatic rings. The van der Waals surface area contributed by atoms with Crippen molar-refractivity contribution in [3.63, 3.8) is 0 Å². The number of rotatable bonds is 3. The van der Waals surface area contributed by atoms with Gasteiger partial charge in [0.25, 0.3) is 0 Å². The molecule has 0 unspecified atom stereocenters. The van der Waals surface area contributed by atoms with E-state index in [1.165, 1.54) is 18.7 Å². The Hall–Kier alpha value is -0.910. The van der Waals surface area contributed by atoms with E-state index in [0.717, 1.165) is 0 Å². The number of hydrogen-bond acceptors (Lipinski definition) is 5. The lowest BCUT2D eigenvalue weighted by Gasteiger charge is -1.87. The summed E-state index contributed by atoms with van der Waals surface area (Å²) in [7, 11) is 0. The lowest BCUT2D eigenvalue weighted by Crippen LogP contribution is -1.93. The van der Waals surface area contributed by atoms with Crippen LogP contribution in [0.25, 0.3) is 0 Å². The summed E-state index contributed by atoms with van der Waals surface area (Å²) in [4.78, 5) is 10.4. The molecule has 1 N–H and O–H groups in total. The van der Waals surface area contributed by atoms with Gasteiger partial charge in [0.05, 0.1) is 5.75 Å². The van der Waals surface area contributed by atoms with Crippen LogP contribution in [0.5, 0.6) is 0 Å². The minimum atomic E-state index is 0.112. The Morgan fingerprint density at radius 3 is 3.10 bits per heavy atom. The van der Waals surface area contributed by atoms with Gasteiger partial charge in [0.2, 0.25) is 5.16 Å². The van der Waals surface area contributed by atoms with Crippen molar-refractivity contribution < 1.29 is 4.79 Å². The monoisotopic (exact) mass is 158 g/mol. The third-order valence-corrected chi connectivity index (χ3v) is 1.74. The molecule has 6 heteroatoms. The van der Waals surface area contributed by atoms with E-state index in [-0.39, 0.29) is 5.78 Å². The molecule has 0 aliphatic heterocycles. The first-order valence-electron chi connectivity index (χ1n) is 2.65. The highest BCUT2D eigenvalue weighted by atomic mass is 32.2. The summed E-state index contributed by atoms with van der Waals surface area (Å²) in [5, 5.41) is 13.4. The van der Waals surface area contributed by atoms with Crippen LogP contribution >= 0.6 is 11.8 Å². The van der Waals surface area contributed by atoms with Crippen molar-refractivity contribution in [1.29, 1.82) is 0 Å². The number of aromatic amines is 1. The summed E-state index contributed by atoms with van der Waals surface area (Å²) >= 11 is 1.29. The SMILES string of the molecule is CC(=O)CSc1nnn[nH]1. The third kappa shape index (κ3) is 2.14. The maximum absolute atomic E-state index is 10.4. The first kappa shape index (κ1) is 7.20. The lowest BCUT2D eigenvalue weighted by atomic mass is 10.5. The number of aromatic nitrogens is 4. The fraction of sp³-hybridized carbons (Fsp3) is 0.500. The zero-order valence-corrected chi connectivity index (χ0v) is 6.18. The van der Waals surface area contributed by atoms with E-state index in [9.17, 15) is 4.79 Å². The second-order valence-electron chi connectivity index (χ2n) is 1.70. The molecule has 5 nitrogen and oxygen atoms in total. The molecule has 0 fully saturated rings. The molecule has 1 aromatic rings. The zero-order valence-electron chi connectivity index (χ0n) is 5.37. The molecule has 10 heavy (non-hydrogen) atoms. The number of nitrogens with zero attached hydrogens (tertiary/aromatic N) is 3. The van der Waals surface area contributed by atoms with E-state index >= 15 is 0 Å². The molecule has 0 spiro atoms. The Kier molecular flexibility index (Phi) is 2.38. The topological polar surface area (TPSA) is 71.5 Å². The number of nitrogens with one attached hydrogen (secondary N) is 1. The number of carbonyl (C=O) groups is 1. The van der Waals surface area contributed by atoms with Crippen LogP contribution in [0.2, 0.25) is 0 Å². The van der Waals surface area contributed by atoms with Crippen molar-refractivity contribution in [2.75, 3.05) is 5.75 Å². The molecule has 1 heterocycles. The Labute approximate surface area is 61.6 Å². The highest BCUT2D eigenvalue weighted by Gasteiger charge is 1.98. The average molecular weight is 158 g/mol. The molecule has 0 aromatic carbocycles. The minimum absolute atomic E-state index is 0.112. The second kappa shape index (κ2) is 3.31. The number of tetrazole rings is 1. The maximum Gasteiger partial charge on any atom is 0.207 e. The van der Waals surface area contributed by atoms with E-state index in [2.05, 4.69) is 20.6 Å². The first-order valence-corrected chi connectivity index (χ1v) is 3.63. The van der Waals surface area contributed by atoms with Gasteiger partial charge in [-0.3, -0.25) is 4.79 Å². The molecular weight excluding hydrogens is 152 g/mol. The molecule has 0 atom stereocenters. The van der Waals surface area contributed by atoms with Crippen LogP contribution in [0.1, 0.15) is 6.92 Å². The van der Waals surface area contributed by atoms with Gasteiger partial charge in [-0.1, -0.05) is 11.8 Å². The van der Waals surface area contributed by atoms with Gasteiger partial charge in [0.15, 0.2) is 0 Å². The number of carbonyl (C=O) groups excluding carboxylic acids is 1. The van der Waals surface area contributed by atoms with Crippen molar-refractivity contribution in [1.82, 2.24) is 20.6 Å². The summed E-state index contributed by atoms with van der Waals surface area (Å²) in [5.41, 5.74) is 0. The number of hydrogen-bond donors (Lipinski definition) is 1. The van der Waals surface area contributed by atoms with E-state index in [1.54, 1.807) is 0 Å².